The summed E-state index contributed by atoms with van der Waals surface area (Å²) in [5.74, 6) is -1.06. The number of nitrogen functional groups attached to an aromatic ring is 1. The number of ether oxygens (including phenoxy) is 2. The quantitative estimate of drug-likeness (QED) is 0.502. The molecular formula is C10H11ClFNO3. The second-order valence-corrected chi connectivity index (χ2v) is 3.27. The minimum absolute atomic E-state index is 0.0785. The molecule has 0 heterocycles. The van der Waals surface area contributed by atoms with Crippen molar-refractivity contribution in [1.29, 1.82) is 0 Å². The van der Waals surface area contributed by atoms with E-state index in [0.717, 1.165) is 6.07 Å². The molecule has 16 heavy (non-hydrogen) atoms. The predicted octanol–water partition coefficient (Wildman–Crippen LogP) is 1.91. The smallest absolute Gasteiger partial charge is 0.363 e. The third-order valence-electron chi connectivity index (χ3n) is 1.68. The maximum absolute atomic E-state index is 12.8. The van der Waals surface area contributed by atoms with E-state index in [1.54, 1.807) is 6.92 Å². The Labute approximate surface area is 97.1 Å². The van der Waals surface area contributed by atoms with Gasteiger partial charge in [0.1, 0.15) is 11.6 Å². The summed E-state index contributed by atoms with van der Waals surface area (Å²) in [6.45, 7) is 1.86. The number of hydrogen-bond acceptors (Lipinski definition) is 4. The Morgan fingerprint density at radius 2 is 2.31 bits per heavy atom. The normalized spacial score (nSPS) is 11.9. The highest BCUT2D eigenvalue weighted by atomic mass is 35.5. The standard InChI is InChI=1S/C10H11ClFNO3/c1-2-15-10(14)9(11)16-6-3-4-7(12)8(13)5-6/h3-5,9H,2,13H2,1H3. The van der Waals surface area contributed by atoms with E-state index in [2.05, 4.69) is 4.74 Å². The molecule has 6 heteroatoms. The Kier molecular flexibility index (Phi) is 4.37. The van der Waals surface area contributed by atoms with Gasteiger partial charge in [-0.05, 0) is 19.1 Å². The Morgan fingerprint density at radius 1 is 1.62 bits per heavy atom. The number of rotatable bonds is 4. The van der Waals surface area contributed by atoms with Crippen molar-refractivity contribution in [3.8, 4) is 5.75 Å². The van der Waals surface area contributed by atoms with E-state index in [1.165, 1.54) is 12.1 Å². The van der Waals surface area contributed by atoms with Gasteiger partial charge in [-0.15, -0.1) is 0 Å². The largest absolute Gasteiger partial charge is 0.463 e. The number of esters is 1. The first kappa shape index (κ1) is 12.6. The van der Waals surface area contributed by atoms with Crippen LogP contribution in [0.25, 0.3) is 0 Å². The number of carbonyl (C=O) groups excluding carboxylic acids is 1. The number of nitrogens with two attached hydrogens (primary N) is 1. The molecule has 0 aliphatic heterocycles. The van der Waals surface area contributed by atoms with Gasteiger partial charge < -0.3 is 15.2 Å². The van der Waals surface area contributed by atoms with Gasteiger partial charge in [-0.25, -0.2) is 9.18 Å². The highest BCUT2D eigenvalue weighted by Crippen LogP contribution is 2.20. The van der Waals surface area contributed by atoms with Gasteiger partial charge in [0, 0.05) is 6.07 Å². The Hall–Kier alpha value is -1.49. The molecule has 0 aliphatic rings. The molecule has 0 radical (unpaired) electrons. The van der Waals surface area contributed by atoms with Crippen LogP contribution in [-0.4, -0.2) is 18.1 Å². The summed E-state index contributed by atoms with van der Waals surface area (Å²) in [6, 6.07) is 3.68. The number of halogens is 2. The molecule has 0 saturated carbocycles. The summed E-state index contributed by atoms with van der Waals surface area (Å²) < 4.78 is 22.4. The molecule has 0 aromatic heterocycles. The van der Waals surface area contributed by atoms with E-state index in [4.69, 9.17) is 22.1 Å². The number of anilines is 1. The molecule has 0 fully saturated rings. The summed E-state index contributed by atoms with van der Waals surface area (Å²) in [5, 5.41) is 0. The van der Waals surface area contributed by atoms with Crippen LogP contribution in [0.1, 0.15) is 6.92 Å². The SMILES string of the molecule is CCOC(=O)C(Cl)Oc1ccc(F)c(N)c1. The molecule has 4 nitrogen and oxygen atoms in total. The molecule has 0 saturated heterocycles. The lowest BCUT2D eigenvalue weighted by atomic mass is 10.3. The van der Waals surface area contributed by atoms with Crippen LogP contribution in [0.4, 0.5) is 10.1 Å². The first-order chi connectivity index (χ1) is 7.54. The Bertz CT molecular complexity index is 386. The van der Waals surface area contributed by atoms with Gasteiger partial charge >= 0.3 is 5.97 Å². The number of alkyl halides is 1. The molecule has 0 bridgehead atoms. The first-order valence-electron chi connectivity index (χ1n) is 4.57. The van der Waals surface area contributed by atoms with E-state index in [0.29, 0.717) is 0 Å². The van der Waals surface area contributed by atoms with Gasteiger partial charge in [-0.1, -0.05) is 11.6 Å². The number of hydrogen-bond donors (Lipinski definition) is 1. The van der Waals surface area contributed by atoms with Crippen LogP contribution >= 0.6 is 11.6 Å². The predicted molar refractivity (Wildman–Crippen MR) is 57.7 cm³/mol. The van der Waals surface area contributed by atoms with Crippen molar-refractivity contribution in [1.82, 2.24) is 0 Å². The average molecular weight is 248 g/mol. The molecule has 0 spiro atoms. The summed E-state index contributed by atoms with van der Waals surface area (Å²) in [7, 11) is 0. The van der Waals surface area contributed by atoms with Gasteiger partial charge in [0.2, 0.25) is 0 Å². The third kappa shape index (κ3) is 3.27. The zero-order chi connectivity index (χ0) is 12.1. The van der Waals surface area contributed by atoms with Crippen LogP contribution in [0.15, 0.2) is 18.2 Å². The minimum atomic E-state index is -1.27. The van der Waals surface area contributed by atoms with Crippen LogP contribution in [-0.2, 0) is 9.53 Å². The van der Waals surface area contributed by atoms with E-state index >= 15 is 0 Å². The van der Waals surface area contributed by atoms with Crippen molar-refractivity contribution in [2.24, 2.45) is 0 Å². The fourth-order valence-corrected chi connectivity index (χ4v) is 1.14. The van der Waals surface area contributed by atoms with Crippen LogP contribution < -0.4 is 10.5 Å². The zero-order valence-electron chi connectivity index (χ0n) is 8.57. The fraction of sp³-hybridized carbons (Fsp3) is 0.300. The lowest BCUT2D eigenvalue weighted by molar-refractivity contribution is -0.147. The molecule has 2 N–H and O–H groups in total. The molecule has 1 atom stereocenters. The fourth-order valence-electron chi connectivity index (χ4n) is 0.971. The van der Waals surface area contributed by atoms with Crippen molar-refractivity contribution < 1.29 is 18.7 Å². The van der Waals surface area contributed by atoms with E-state index in [-0.39, 0.29) is 18.0 Å². The van der Waals surface area contributed by atoms with Crippen LogP contribution in [0.2, 0.25) is 0 Å². The van der Waals surface area contributed by atoms with Crippen molar-refractivity contribution >= 4 is 23.3 Å². The highest BCUT2D eigenvalue weighted by molar-refractivity contribution is 6.28. The first-order valence-corrected chi connectivity index (χ1v) is 5.00. The minimum Gasteiger partial charge on any atom is -0.463 e. The van der Waals surface area contributed by atoms with Gasteiger partial charge in [0.15, 0.2) is 0 Å². The van der Waals surface area contributed by atoms with Crippen molar-refractivity contribution in [3.63, 3.8) is 0 Å². The lowest BCUT2D eigenvalue weighted by Crippen LogP contribution is -2.23. The maximum atomic E-state index is 12.8. The monoisotopic (exact) mass is 247 g/mol. The molecule has 88 valence electrons. The van der Waals surface area contributed by atoms with Gasteiger partial charge in [0.05, 0.1) is 12.3 Å². The second-order valence-electron chi connectivity index (χ2n) is 2.87. The van der Waals surface area contributed by atoms with Gasteiger partial charge in [-0.2, -0.15) is 0 Å². The van der Waals surface area contributed by atoms with E-state index in [9.17, 15) is 9.18 Å². The lowest BCUT2D eigenvalue weighted by Gasteiger charge is -2.11. The Morgan fingerprint density at radius 3 is 2.88 bits per heavy atom. The van der Waals surface area contributed by atoms with E-state index in [1.807, 2.05) is 0 Å². The summed E-state index contributed by atoms with van der Waals surface area (Å²) in [5.41, 5.74) is 3.97. The zero-order valence-corrected chi connectivity index (χ0v) is 9.33. The number of benzene rings is 1. The molecule has 0 aliphatic carbocycles. The third-order valence-corrected chi connectivity index (χ3v) is 1.95. The maximum Gasteiger partial charge on any atom is 0.363 e. The summed E-state index contributed by atoms with van der Waals surface area (Å²) in [4.78, 5) is 11.1. The second kappa shape index (κ2) is 5.55. The van der Waals surface area contributed by atoms with Gasteiger partial charge in [-0.3, -0.25) is 0 Å². The van der Waals surface area contributed by atoms with Crippen molar-refractivity contribution in [2.75, 3.05) is 12.3 Å². The molecule has 1 aromatic rings. The number of carbonyl (C=O) groups is 1. The molecule has 1 unspecified atom stereocenters. The summed E-state index contributed by atoms with van der Waals surface area (Å²) in [6.07, 6.45) is 0. The summed E-state index contributed by atoms with van der Waals surface area (Å²) >= 11 is 5.61. The van der Waals surface area contributed by atoms with Crippen LogP contribution in [0.3, 0.4) is 0 Å². The molecule has 0 amide bonds. The van der Waals surface area contributed by atoms with E-state index < -0.39 is 17.3 Å². The van der Waals surface area contributed by atoms with Crippen molar-refractivity contribution in [2.45, 2.75) is 12.5 Å². The molecular weight excluding hydrogens is 237 g/mol. The Balaban J connectivity index is 2.66. The molecule has 1 rings (SSSR count). The topological polar surface area (TPSA) is 61.5 Å². The highest BCUT2D eigenvalue weighted by Gasteiger charge is 2.18. The average Bonchev–Trinajstić information content (AvgIpc) is 2.24. The van der Waals surface area contributed by atoms with Crippen LogP contribution in [0.5, 0.6) is 5.75 Å². The van der Waals surface area contributed by atoms with Crippen LogP contribution in [0, 0.1) is 5.82 Å². The molecule has 1 aromatic carbocycles. The van der Waals surface area contributed by atoms with Gasteiger partial charge in [0.25, 0.3) is 5.56 Å². The van der Waals surface area contributed by atoms with Crippen molar-refractivity contribution in [3.05, 3.63) is 24.0 Å².